The summed E-state index contributed by atoms with van der Waals surface area (Å²) in [5.74, 6) is 0.833. The maximum absolute atomic E-state index is 3.55. The number of anilines is 1. The molecule has 16 heavy (non-hydrogen) atoms. The van der Waals surface area contributed by atoms with Crippen molar-refractivity contribution in [1.29, 1.82) is 0 Å². The molecule has 0 aliphatic carbocycles. The minimum absolute atomic E-state index is 0.833. The molecule has 3 heteroatoms. The van der Waals surface area contributed by atoms with Crippen molar-refractivity contribution in [2.75, 3.05) is 31.2 Å². The number of benzene rings is 1. The smallest absolute Gasteiger partial charge is 0.0351 e. The summed E-state index contributed by atoms with van der Waals surface area (Å²) in [5, 5.41) is 6.95. The number of thioether (sulfide) groups is 1. The lowest BCUT2D eigenvalue weighted by Gasteiger charge is -2.23. The van der Waals surface area contributed by atoms with Crippen LogP contribution < -0.4 is 10.6 Å². The molecule has 1 aromatic rings. The maximum Gasteiger partial charge on any atom is 0.0351 e. The lowest BCUT2D eigenvalue weighted by molar-refractivity contribution is 0.390. The number of hydrogen-bond acceptors (Lipinski definition) is 3. The molecule has 2 rings (SSSR count). The molecule has 1 aliphatic heterocycles. The van der Waals surface area contributed by atoms with Crippen molar-refractivity contribution < 1.29 is 0 Å². The van der Waals surface area contributed by atoms with Gasteiger partial charge in [0.05, 0.1) is 0 Å². The summed E-state index contributed by atoms with van der Waals surface area (Å²) in [7, 11) is 0. The van der Waals surface area contributed by atoms with Crippen molar-refractivity contribution in [2.45, 2.75) is 17.7 Å². The van der Waals surface area contributed by atoms with Crippen LogP contribution in [0.25, 0.3) is 0 Å². The fourth-order valence-corrected chi connectivity index (χ4v) is 2.54. The van der Waals surface area contributed by atoms with Crippen LogP contribution in [0.5, 0.6) is 0 Å². The summed E-state index contributed by atoms with van der Waals surface area (Å²) < 4.78 is 0. The van der Waals surface area contributed by atoms with Crippen molar-refractivity contribution in [2.24, 2.45) is 5.92 Å². The van der Waals surface area contributed by atoms with E-state index in [4.69, 9.17) is 0 Å². The van der Waals surface area contributed by atoms with E-state index in [2.05, 4.69) is 41.2 Å². The zero-order valence-corrected chi connectivity index (χ0v) is 10.6. The van der Waals surface area contributed by atoms with Crippen LogP contribution >= 0.6 is 11.8 Å². The minimum Gasteiger partial charge on any atom is -0.385 e. The highest BCUT2D eigenvalue weighted by Crippen LogP contribution is 2.20. The van der Waals surface area contributed by atoms with Gasteiger partial charge in [-0.2, -0.15) is 0 Å². The topological polar surface area (TPSA) is 24.1 Å². The third-order valence-electron chi connectivity index (χ3n) is 3.12. The number of hydrogen-bond donors (Lipinski definition) is 2. The van der Waals surface area contributed by atoms with Crippen LogP contribution in [-0.2, 0) is 0 Å². The summed E-state index contributed by atoms with van der Waals surface area (Å²) >= 11 is 1.79. The van der Waals surface area contributed by atoms with E-state index in [-0.39, 0.29) is 0 Å². The molecule has 1 fully saturated rings. The van der Waals surface area contributed by atoms with E-state index in [0.717, 1.165) is 12.5 Å². The predicted octanol–water partition coefficient (Wildman–Crippen LogP) is 2.82. The molecule has 1 aromatic carbocycles. The van der Waals surface area contributed by atoms with Gasteiger partial charge in [0.2, 0.25) is 0 Å². The highest BCUT2D eigenvalue weighted by Gasteiger charge is 2.12. The largest absolute Gasteiger partial charge is 0.385 e. The summed E-state index contributed by atoms with van der Waals surface area (Å²) in [6.07, 6.45) is 4.72. The normalized spacial score (nSPS) is 17.3. The van der Waals surface area contributed by atoms with Crippen molar-refractivity contribution >= 4 is 17.4 Å². The van der Waals surface area contributed by atoms with Crippen LogP contribution in [0.4, 0.5) is 5.69 Å². The molecule has 0 saturated carbocycles. The van der Waals surface area contributed by atoms with Crippen LogP contribution in [0.2, 0.25) is 0 Å². The van der Waals surface area contributed by atoms with E-state index in [1.165, 1.54) is 36.5 Å². The molecule has 1 heterocycles. The van der Waals surface area contributed by atoms with E-state index >= 15 is 0 Å². The molecule has 0 bridgehead atoms. The molecule has 0 unspecified atom stereocenters. The molecule has 88 valence electrons. The minimum atomic E-state index is 0.833. The summed E-state index contributed by atoms with van der Waals surface area (Å²) in [6.45, 7) is 3.47. The fraction of sp³-hybridized carbons (Fsp3) is 0.538. The summed E-state index contributed by atoms with van der Waals surface area (Å²) in [4.78, 5) is 1.33. The van der Waals surface area contributed by atoms with Gasteiger partial charge in [0, 0.05) is 17.1 Å². The van der Waals surface area contributed by atoms with E-state index < -0.39 is 0 Å². The van der Waals surface area contributed by atoms with Crippen LogP contribution in [0.1, 0.15) is 12.8 Å². The molecule has 0 spiro atoms. The molecule has 0 amide bonds. The Bertz CT molecular complexity index is 321. The Hall–Kier alpha value is -0.670. The second-order valence-corrected chi connectivity index (χ2v) is 5.19. The second-order valence-electron chi connectivity index (χ2n) is 4.31. The van der Waals surface area contributed by atoms with Gasteiger partial charge in [-0.05, 0) is 56.3 Å². The molecule has 2 N–H and O–H groups in total. The van der Waals surface area contributed by atoms with Crippen molar-refractivity contribution in [1.82, 2.24) is 5.32 Å². The van der Waals surface area contributed by atoms with Gasteiger partial charge in [0.15, 0.2) is 0 Å². The van der Waals surface area contributed by atoms with Crippen LogP contribution in [0.3, 0.4) is 0 Å². The zero-order chi connectivity index (χ0) is 11.2. The van der Waals surface area contributed by atoms with Gasteiger partial charge in [-0.3, -0.25) is 0 Å². The zero-order valence-electron chi connectivity index (χ0n) is 9.83. The summed E-state index contributed by atoms with van der Waals surface area (Å²) in [5.41, 5.74) is 1.25. The molecule has 2 nitrogen and oxygen atoms in total. The highest BCUT2D eigenvalue weighted by molar-refractivity contribution is 7.98. The molecular weight excluding hydrogens is 216 g/mol. The Morgan fingerprint density at radius 3 is 2.94 bits per heavy atom. The SMILES string of the molecule is CSc1cccc(NCC2CCNCC2)c1. The summed E-state index contributed by atoms with van der Waals surface area (Å²) in [6, 6.07) is 8.66. The van der Waals surface area contributed by atoms with Gasteiger partial charge in [-0.25, -0.2) is 0 Å². The van der Waals surface area contributed by atoms with E-state index in [1.807, 2.05) is 0 Å². The fourth-order valence-electron chi connectivity index (χ4n) is 2.08. The van der Waals surface area contributed by atoms with Gasteiger partial charge in [-0.1, -0.05) is 6.07 Å². The van der Waals surface area contributed by atoms with Gasteiger partial charge in [0.25, 0.3) is 0 Å². The molecule has 0 aromatic heterocycles. The quantitative estimate of drug-likeness (QED) is 0.786. The maximum atomic E-state index is 3.55. The predicted molar refractivity (Wildman–Crippen MR) is 72.3 cm³/mol. The average molecular weight is 236 g/mol. The monoisotopic (exact) mass is 236 g/mol. The molecule has 0 atom stereocenters. The van der Waals surface area contributed by atoms with Crippen molar-refractivity contribution in [3.8, 4) is 0 Å². The van der Waals surface area contributed by atoms with Crippen molar-refractivity contribution in [3.05, 3.63) is 24.3 Å². The Morgan fingerprint density at radius 2 is 2.19 bits per heavy atom. The first-order valence-corrected chi connectivity index (χ1v) is 7.19. The van der Waals surface area contributed by atoms with E-state index in [1.54, 1.807) is 11.8 Å². The Labute approximate surface area is 102 Å². The highest BCUT2D eigenvalue weighted by atomic mass is 32.2. The third kappa shape index (κ3) is 3.42. The molecule has 1 saturated heterocycles. The van der Waals surface area contributed by atoms with Gasteiger partial charge in [0.1, 0.15) is 0 Å². The third-order valence-corrected chi connectivity index (χ3v) is 3.85. The lowest BCUT2D eigenvalue weighted by atomic mass is 9.98. The average Bonchev–Trinajstić information content (AvgIpc) is 2.38. The molecular formula is C13H20N2S. The Morgan fingerprint density at radius 1 is 1.38 bits per heavy atom. The van der Waals surface area contributed by atoms with Crippen LogP contribution in [0, 0.1) is 5.92 Å². The standard InChI is InChI=1S/C13H20N2S/c1-16-13-4-2-3-12(9-13)15-10-11-5-7-14-8-6-11/h2-4,9,11,14-15H,5-8,10H2,1H3. The number of nitrogens with one attached hydrogen (secondary N) is 2. The Balaban J connectivity index is 1.83. The van der Waals surface area contributed by atoms with Gasteiger partial charge < -0.3 is 10.6 Å². The van der Waals surface area contributed by atoms with Crippen LogP contribution in [0.15, 0.2) is 29.2 Å². The molecule has 0 radical (unpaired) electrons. The van der Waals surface area contributed by atoms with E-state index in [0.29, 0.717) is 0 Å². The Kier molecular flexibility index (Phi) is 4.55. The second kappa shape index (κ2) is 6.16. The first kappa shape index (κ1) is 11.8. The van der Waals surface area contributed by atoms with Crippen molar-refractivity contribution in [3.63, 3.8) is 0 Å². The molecule has 1 aliphatic rings. The van der Waals surface area contributed by atoms with Gasteiger partial charge in [-0.15, -0.1) is 11.8 Å². The van der Waals surface area contributed by atoms with Gasteiger partial charge >= 0.3 is 0 Å². The van der Waals surface area contributed by atoms with E-state index in [9.17, 15) is 0 Å². The number of piperidine rings is 1. The first-order valence-electron chi connectivity index (χ1n) is 5.97. The lowest BCUT2D eigenvalue weighted by Crippen LogP contribution is -2.31. The first-order chi connectivity index (χ1) is 7.88. The van der Waals surface area contributed by atoms with Crippen LogP contribution in [-0.4, -0.2) is 25.9 Å². The number of rotatable bonds is 4.